The summed E-state index contributed by atoms with van der Waals surface area (Å²) in [5.41, 5.74) is 2.33. The number of benzene rings is 2. The maximum absolute atomic E-state index is 5.43. The first-order chi connectivity index (χ1) is 11.4. The lowest BCUT2D eigenvalue weighted by atomic mass is 10.2. The largest absolute Gasteiger partial charge is 0.454 e. The van der Waals surface area contributed by atoms with Crippen molar-refractivity contribution in [3.63, 3.8) is 0 Å². The van der Waals surface area contributed by atoms with Crippen LogP contribution in [0.25, 0.3) is 15.2 Å². The molecule has 5 rings (SSSR count). The van der Waals surface area contributed by atoms with Gasteiger partial charge in [-0.25, -0.2) is 0 Å². The molecule has 0 bridgehead atoms. The average Bonchev–Trinajstić information content (AvgIpc) is 3.27. The van der Waals surface area contributed by atoms with Crippen molar-refractivity contribution in [1.29, 1.82) is 0 Å². The lowest BCUT2D eigenvalue weighted by Crippen LogP contribution is -1.92. The SMILES string of the molecule is c1ccc2c(c1)sc1nnc(SCc3ccc4c(c3)OCO4)n12. The second-order valence-electron chi connectivity index (χ2n) is 5.15. The molecule has 0 radical (unpaired) electrons. The van der Waals surface area contributed by atoms with Crippen LogP contribution in [-0.2, 0) is 5.75 Å². The van der Waals surface area contributed by atoms with Crippen molar-refractivity contribution in [3.05, 3.63) is 48.0 Å². The van der Waals surface area contributed by atoms with E-state index in [0.29, 0.717) is 6.79 Å². The molecule has 2 aromatic carbocycles. The van der Waals surface area contributed by atoms with E-state index in [-0.39, 0.29) is 0 Å². The van der Waals surface area contributed by atoms with Crippen molar-refractivity contribution in [2.75, 3.05) is 6.79 Å². The van der Waals surface area contributed by atoms with Crippen molar-refractivity contribution >= 4 is 38.3 Å². The minimum Gasteiger partial charge on any atom is -0.454 e. The second-order valence-corrected chi connectivity index (χ2v) is 7.10. The molecule has 1 aliphatic rings. The van der Waals surface area contributed by atoms with Crippen LogP contribution in [0, 0.1) is 0 Å². The Morgan fingerprint density at radius 3 is 3.00 bits per heavy atom. The summed E-state index contributed by atoms with van der Waals surface area (Å²) in [6.45, 7) is 0.303. The minimum absolute atomic E-state index is 0.303. The highest BCUT2D eigenvalue weighted by molar-refractivity contribution is 7.98. The Hall–Kier alpha value is -2.25. The van der Waals surface area contributed by atoms with Gasteiger partial charge in [-0.3, -0.25) is 4.40 Å². The summed E-state index contributed by atoms with van der Waals surface area (Å²) in [5.74, 6) is 2.43. The van der Waals surface area contributed by atoms with E-state index in [4.69, 9.17) is 9.47 Å². The fraction of sp³-hybridized carbons (Fsp3) is 0.125. The average molecular weight is 341 g/mol. The van der Waals surface area contributed by atoms with Gasteiger partial charge in [-0.15, -0.1) is 10.2 Å². The van der Waals surface area contributed by atoms with Crippen LogP contribution < -0.4 is 9.47 Å². The number of para-hydroxylation sites is 1. The summed E-state index contributed by atoms with van der Waals surface area (Å²) in [4.78, 5) is 0.930. The Kier molecular flexibility index (Phi) is 2.95. The van der Waals surface area contributed by atoms with Gasteiger partial charge in [-0.1, -0.05) is 41.3 Å². The van der Waals surface area contributed by atoms with E-state index < -0.39 is 0 Å². The lowest BCUT2D eigenvalue weighted by molar-refractivity contribution is 0.174. The van der Waals surface area contributed by atoms with Crippen LogP contribution in [0.15, 0.2) is 47.6 Å². The molecule has 4 aromatic rings. The summed E-state index contributed by atoms with van der Waals surface area (Å²) < 4.78 is 14.1. The van der Waals surface area contributed by atoms with Gasteiger partial charge in [-0.05, 0) is 29.8 Å². The molecule has 0 saturated carbocycles. The number of hydrogen-bond acceptors (Lipinski definition) is 6. The van der Waals surface area contributed by atoms with Gasteiger partial charge in [0, 0.05) is 5.75 Å². The Morgan fingerprint density at radius 1 is 1.09 bits per heavy atom. The van der Waals surface area contributed by atoms with Crippen LogP contribution in [0.2, 0.25) is 0 Å². The van der Waals surface area contributed by atoms with E-state index in [1.54, 1.807) is 23.1 Å². The number of fused-ring (bicyclic) bond motifs is 4. The molecule has 114 valence electrons. The first-order valence-corrected chi connectivity index (χ1v) is 8.93. The maximum Gasteiger partial charge on any atom is 0.231 e. The zero-order valence-electron chi connectivity index (χ0n) is 11.9. The Bertz CT molecular complexity index is 1020. The van der Waals surface area contributed by atoms with Gasteiger partial charge in [0.2, 0.25) is 11.8 Å². The molecule has 0 aliphatic carbocycles. The lowest BCUT2D eigenvalue weighted by Gasteiger charge is -2.02. The third-order valence-corrected chi connectivity index (χ3v) is 5.73. The molecule has 0 spiro atoms. The van der Waals surface area contributed by atoms with Crippen LogP contribution in [-0.4, -0.2) is 21.4 Å². The van der Waals surface area contributed by atoms with E-state index >= 15 is 0 Å². The van der Waals surface area contributed by atoms with Gasteiger partial charge in [0.15, 0.2) is 16.7 Å². The molecule has 0 amide bonds. The number of ether oxygens (including phenoxy) is 2. The van der Waals surface area contributed by atoms with Gasteiger partial charge < -0.3 is 9.47 Å². The van der Waals surface area contributed by atoms with E-state index in [1.165, 1.54) is 10.3 Å². The molecule has 0 N–H and O–H groups in total. The summed E-state index contributed by atoms with van der Waals surface area (Å²) in [5, 5.41) is 9.53. The Morgan fingerprint density at radius 2 is 2.00 bits per heavy atom. The van der Waals surface area contributed by atoms with Crippen LogP contribution in [0.3, 0.4) is 0 Å². The smallest absolute Gasteiger partial charge is 0.231 e. The molecular formula is C16H11N3O2S2. The number of thiazole rings is 1. The first kappa shape index (κ1) is 13.2. The summed E-state index contributed by atoms with van der Waals surface area (Å²) >= 11 is 3.33. The third-order valence-electron chi connectivity index (χ3n) is 3.72. The van der Waals surface area contributed by atoms with Crippen LogP contribution >= 0.6 is 23.1 Å². The number of thioether (sulfide) groups is 1. The van der Waals surface area contributed by atoms with Gasteiger partial charge >= 0.3 is 0 Å². The highest BCUT2D eigenvalue weighted by Gasteiger charge is 2.15. The van der Waals surface area contributed by atoms with Crippen molar-refractivity contribution in [3.8, 4) is 11.5 Å². The summed E-state index contributed by atoms with van der Waals surface area (Å²) in [6.07, 6.45) is 0. The van der Waals surface area contributed by atoms with E-state index in [2.05, 4.69) is 32.8 Å². The van der Waals surface area contributed by atoms with Gasteiger partial charge in [-0.2, -0.15) is 0 Å². The molecular weight excluding hydrogens is 330 g/mol. The monoisotopic (exact) mass is 341 g/mol. The summed E-state index contributed by atoms with van der Waals surface area (Å²) in [7, 11) is 0. The van der Waals surface area contributed by atoms with Crippen LogP contribution in [0.5, 0.6) is 11.5 Å². The fourth-order valence-corrected chi connectivity index (χ4v) is 4.54. The number of hydrogen-bond donors (Lipinski definition) is 0. The first-order valence-electron chi connectivity index (χ1n) is 7.12. The number of rotatable bonds is 3. The molecule has 0 saturated heterocycles. The maximum atomic E-state index is 5.43. The van der Waals surface area contributed by atoms with Crippen molar-refractivity contribution < 1.29 is 9.47 Å². The predicted molar refractivity (Wildman–Crippen MR) is 90.5 cm³/mol. The molecule has 2 aromatic heterocycles. The topological polar surface area (TPSA) is 48.7 Å². The Balaban J connectivity index is 1.47. The highest BCUT2D eigenvalue weighted by Crippen LogP contribution is 2.35. The van der Waals surface area contributed by atoms with Gasteiger partial charge in [0.1, 0.15) is 0 Å². The predicted octanol–water partition coefficient (Wildman–Crippen LogP) is 3.97. The fourth-order valence-electron chi connectivity index (χ4n) is 2.63. The minimum atomic E-state index is 0.303. The Labute approximate surface area is 139 Å². The third kappa shape index (κ3) is 2.15. The second kappa shape index (κ2) is 5.14. The normalized spacial score (nSPS) is 13.2. The molecule has 7 heteroatoms. The molecule has 5 nitrogen and oxygen atoms in total. The van der Waals surface area contributed by atoms with E-state index in [1.807, 2.05) is 24.3 Å². The molecule has 0 unspecified atom stereocenters. The van der Waals surface area contributed by atoms with E-state index in [9.17, 15) is 0 Å². The van der Waals surface area contributed by atoms with Gasteiger partial charge in [0.25, 0.3) is 0 Å². The van der Waals surface area contributed by atoms with E-state index in [0.717, 1.165) is 32.9 Å². The van der Waals surface area contributed by atoms with Crippen LogP contribution in [0.1, 0.15) is 5.56 Å². The van der Waals surface area contributed by atoms with Crippen molar-refractivity contribution in [2.45, 2.75) is 10.9 Å². The molecule has 23 heavy (non-hydrogen) atoms. The highest BCUT2D eigenvalue weighted by atomic mass is 32.2. The molecule has 0 atom stereocenters. The molecule has 1 aliphatic heterocycles. The number of aromatic nitrogens is 3. The zero-order chi connectivity index (χ0) is 15.2. The quantitative estimate of drug-likeness (QED) is 0.528. The number of nitrogens with zero attached hydrogens (tertiary/aromatic N) is 3. The van der Waals surface area contributed by atoms with Crippen LogP contribution in [0.4, 0.5) is 0 Å². The van der Waals surface area contributed by atoms with Gasteiger partial charge in [0.05, 0.1) is 10.2 Å². The molecule has 0 fully saturated rings. The zero-order valence-corrected chi connectivity index (χ0v) is 13.6. The molecule has 3 heterocycles. The van der Waals surface area contributed by atoms with Crippen molar-refractivity contribution in [1.82, 2.24) is 14.6 Å². The van der Waals surface area contributed by atoms with Crippen molar-refractivity contribution in [2.24, 2.45) is 0 Å². The summed E-state index contributed by atoms with van der Waals surface area (Å²) in [6, 6.07) is 14.3. The standard InChI is InChI=1S/C16H11N3O2S2/c1-2-4-14-11(3-1)19-15(17-18-16(19)23-14)22-8-10-5-6-12-13(7-10)21-9-20-12/h1-7H,8-9H2.